The maximum absolute atomic E-state index is 12.1. The minimum Gasteiger partial charge on any atom is -0.459 e. The molecule has 1 aromatic rings. The van der Waals surface area contributed by atoms with Gasteiger partial charge in [0.1, 0.15) is 5.60 Å². The second-order valence-corrected chi connectivity index (χ2v) is 6.70. The Balaban J connectivity index is 2.53. The lowest BCUT2D eigenvalue weighted by molar-refractivity contribution is -0.156. The van der Waals surface area contributed by atoms with Gasteiger partial charge in [0.05, 0.1) is 13.1 Å². The molecule has 0 aliphatic heterocycles. The number of ether oxygens (including phenoxy) is 1. The molecular weight excluding hydrogens is 322 g/mol. The highest BCUT2D eigenvalue weighted by molar-refractivity contribution is 5.93. The fraction of sp³-hybridized carbons (Fsp3) is 0.500. The van der Waals surface area contributed by atoms with E-state index in [2.05, 4.69) is 10.6 Å². The van der Waals surface area contributed by atoms with Crippen molar-refractivity contribution in [2.45, 2.75) is 40.2 Å². The van der Waals surface area contributed by atoms with Crippen molar-refractivity contribution in [1.82, 2.24) is 4.90 Å². The summed E-state index contributed by atoms with van der Waals surface area (Å²) in [5.74, 6) is -0.739. The number of nitrogens with one attached hydrogen (secondary N) is 2. The van der Waals surface area contributed by atoms with Gasteiger partial charge in [-0.1, -0.05) is 6.92 Å². The lowest BCUT2D eigenvalue weighted by atomic mass is 10.2. The van der Waals surface area contributed by atoms with E-state index in [9.17, 15) is 14.4 Å². The van der Waals surface area contributed by atoms with E-state index < -0.39 is 5.60 Å². The Hall–Kier alpha value is -2.41. The zero-order valence-electron chi connectivity index (χ0n) is 15.5. The Morgan fingerprint density at radius 3 is 1.96 bits per heavy atom. The Morgan fingerprint density at radius 1 is 1.00 bits per heavy atom. The summed E-state index contributed by atoms with van der Waals surface area (Å²) < 4.78 is 5.27. The molecule has 2 N–H and O–H groups in total. The number of amides is 2. The largest absolute Gasteiger partial charge is 0.459 e. The summed E-state index contributed by atoms with van der Waals surface area (Å²) in [6, 6.07) is 6.81. The van der Waals surface area contributed by atoms with E-state index in [1.165, 1.54) is 6.92 Å². The quantitative estimate of drug-likeness (QED) is 0.737. The first-order valence-electron chi connectivity index (χ1n) is 8.20. The second kappa shape index (κ2) is 9.17. The Morgan fingerprint density at radius 2 is 1.52 bits per heavy atom. The molecule has 0 atom stereocenters. The number of esters is 1. The van der Waals surface area contributed by atoms with Crippen LogP contribution in [0.4, 0.5) is 11.4 Å². The minimum atomic E-state index is -0.547. The van der Waals surface area contributed by atoms with E-state index in [0.29, 0.717) is 17.9 Å². The number of hydrogen-bond donors (Lipinski definition) is 2. The predicted molar refractivity (Wildman–Crippen MR) is 97.3 cm³/mol. The first kappa shape index (κ1) is 20.6. The van der Waals surface area contributed by atoms with Gasteiger partial charge in [0.25, 0.3) is 0 Å². The summed E-state index contributed by atoms with van der Waals surface area (Å²) in [6.07, 6.45) is 0. The lowest BCUT2D eigenvalue weighted by Gasteiger charge is -2.23. The van der Waals surface area contributed by atoms with E-state index in [0.717, 1.165) is 0 Å². The fourth-order valence-electron chi connectivity index (χ4n) is 2.08. The van der Waals surface area contributed by atoms with Gasteiger partial charge in [-0.2, -0.15) is 0 Å². The average molecular weight is 349 g/mol. The van der Waals surface area contributed by atoms with Gasteiger partial charge in [-0.15, -0.1) is 0 Å². The fourth-order valence-corrected chi connectivity index (χ4v) is 2.08. The summed E-state index contributed by atoms with van der Waals surface area (Å²) in [5, 5.41) is 5.42. The summed E-state index contributed by atoms with van der Waals surface area (Å²) >= 11 is 0. The highest BCUT2D eigenvalue weighted by Crippen LogP contribution is 2.13. The van der Waals surface area contributed by atoms with Crippen molar-refractivity contribution in [1.29, 1.82) is 0 Å². The standard InChI is InChI=1S/C18H27N3O4/c1-6-21(12-17(24)25-18(3,4)5)11-16(23)20-15-9-7-14(8-10-15)19-13(2)22/h7-10H,6,11-12H2,1-5H3,(H,19,22)(H,20,23). The molecule has 0 aliphatic rings. The van der Waals surface area contributed by atoms with E-state index >= 15 is 0 Å². The molecule has 1 aromatic carbocycles. The van der Waals surface area contributed by atoms with Crippen molar-refractivity contribution in [3.63, 3.8) is 0 Å². The summed E-state index contributed by atoms with van der Waals surface area (Å²) in [4.78, 5) is 36.7. The highest BCUT2D eigenvalue weighted by Gasteiger charge is 2.19. The second-order valence-electron chi connectivity index (χ2n) is 6.70. The first-order valence-corrected chi connectivity index (χ1v) is 8.20. The van der Waals surface area contributed by atoms with Crippen molar-refractivity contribution in [2.24, 2.45) is 0 Å². The number of benzene rings is 1. The number of nitrogens with zero attached hydrogens (tertiary/aromatic N) is 1. The minimum absolute atomic E-state index is 0.0582. The molecular formula is C18H27N3O4. The number of hydrogen-bond acceptors (Lipinski definition) is 5. The smallest absolute Gasteiger partial charge is 0.320 e. The molecule has 25 heavy (non-hydrogen) atoms. The van der Waals surface area contributed by atoms with Crippen LogP contribution in [0.2, 0.25) is 0 Å². The van der Waals surface area contributed by atoms with E-state index in [1.54, 1.807) is 49.9 Å². The Labute approximate surface area is 148 Å². The van der Waals surface area contributed by atoms with E-state index in [4.69, 9.17) is 4.74 Å². The maximum atomic E-state index is 12.1. The van der Waals surface area contributed by atoms with Crippen molar-refractivity contribution < 1.29 is 19.1 Å². The van der Waals surface area contributed by atoms with Crippen LogP contribution in [0.3, 0.4) is 0 Å². The van der Waals surface area contributed by atoms with Crippen LogP contribution in [0.15, 0.2) is 24.3 Å². The number of rotatable bonds is 7. The van der Waals surface area contributed by atoms with Crippen molar-refractivity contribution in [3.8, 4) is 0 Å². The van der Waals surface area contributed by atoms with Crippen LogP contribution in [0.1, 0.15) is 34.6 Å². The maximum Gasteiger partial charge on any atom is 0.320 e. The van der Waals surface area contributed by atoms with Crippen molar-refractivity contribution >= 4 is 29.2 Å². The predicted octanol–water partition coefficient (Wildman–Crippen LogP) is 2.25. The Bertz CT molecular complexity index is 606. The molecule has 0 aromatic heterocycles. The number of anilines is 2. The summed E-state index contributed by atoms with van der Waals surface area (Å²) in [7, 11) is 0. The van der Waals surface area contributed by atoms with Crippen LogP contribution in [0.25, 0.3) is 0 Å². The summed E-state index contributed by atoms with van der Waals surface area (Å²) in [6.45, 7) is 9.41. The number of carbonyl (C=O) groups excluding carboxylic acids is 3. The van der Waals surface area contributed by atoms with Crippen LogP contribution >= 0.6 is 0 Å². The third-order valence-corrected chi connectivity index (χ3v) is 3.08. The topological polar surface area (TPSA) is 87.7 Å². The molecule has 0 spiro atoms. The zero-order valence-corrected chi connectivity index (χ0v) is 15.5. The molecule has 0 saturated carbocycles. The van der Waals surface area contributed by atoms with Gasteiger partial charge in [0.15, 0.2) is 0 Å². The molecule has 0 unspecified atom stereocenters. The van der Waals surface area contributed by atoms with E-state index in [-0.39, 0.29) is 30.9 Å². The SMILES string of the molecule is CCN(CC(=O)Nc1ccc(NC(C)=O)cc1)CC(=O)OC(C)(C)C. The van der Waals surface area contributed by atoms with Gasteiger partial charge in [-0.05, 0) is 51.6 Å². The third kappa shape index (κ3) is 8.85. The molecule has 0 bridgehead atoms. The van der Waals surface area contributed by atoms with Gasteiger partial charge < -0.3 is 15.4 Å². The number of likely N-dealkylation sites (N-methyl/N-ethyl adjacent to an activating group) is 1. The highest BCUT2D eigenvalue weighted by atomic mass is 16.6. The van der Waals surface area contributed by atoms with Gasteiger partial charge >= 0.3 is 5.97 Å². The zero-order chi connectivity index (χ0) is 19.0. The van der Waals surface area contributed by atoms with Crippen LogP contribution < -0.4 is 10.6 Å². The third-order valence-electron chi connectivity index (χ3n) is 3.08. The molecule has 138 valence electrons. The van der Waals surface area contributed by atoms with Crippen LogP contribution in [-0.2, 0) is 19.1 Å². The molecule has 7 heteroatoms. The average Bonchev–Trinajstić information content (AvgIpc) is 2.46. The molecule has 0 aliphatic carbocycles. The molecule has 0 heterocycles. The Kier molecular flexibility index (Phi) is 7.57. The van der Waals surface area contributed by atoms with Gasteiger partial charge in [0.2, 0.25) is 11.8 Å². The summed E-state index contributed by atoms with van der Waals surface area (Å²) in [5.41, 5.74) is 0.729. The molecule has 1 rings (SSSR count). The normalized spacial score (nSPS) is 11.1. The van der Waals surface area contributed by atoms with Crippen LogP contribution in [-0.4, -0.2) is 47.9 Å². The first-order chi connectivity index (χ1) is 11.6. The van der Waals surface area contributed by atoms with Crippen LogP contribution in [0, 0.1) is 0 Å². The van der Waals surface area contributed by atoms with Gasteiger partial charge in [-0.3, -0.25) is 19.3 Å². The van der Waals surface area contributed by atoms with Crippen molar-refractivity contribution in [3.05, 3.63) is 24.3 Å². The number of carbonyl (C=O) groups is 3. The van der Waals surface area contributed by atoms with Crippen molar-refractivity contribution in [2.75, 3.05) is 30.3 Å². The van der Waals surface area contributed by atoms with Gasteiger partial charge in [-0.25, -0.2) is 0 Å². The molecule has 0 fully saturated rings. The molecule has 2 amide bonds. The molecule has 0 saturated heterocycles. The molecule has 0 radical (unpaired) electrons. The van der Waals surface area contributed by atoms with Crippen LogP contribution in [0.5, 0.6) is 0 Å². The van der Waals surface area contributed by atoms with Gasteiger partial charge in [0, 0.05) is 18.3 Å². The molecule has 7 nitrogen and oxygen atoms in total. The van der Waals surface area contributed by atoms with E-state index in [1.807, 2.05) is 6.92 Å². The lowest BCUT2D eigenvalue weighted by Crippen LogP contribution is -2.39. The monoisotopic (exact) mass is 349 g/mol.